The highest BCUT2D eigenvalue weighted by Crippen LogP contribution is 2.23. The lowest BCUT2D eigenvalue weighted by molar-refractivity contribution is 0.580. The van der Waals surface area contributed by atoms with Gasteiger partial charge in [0.05, 0.1) is 16.4 Å². The minimum atomic E-state index is -0.595. The summed E-state index contributed by atoms with van der Waals surface area (Å²) >= 11 is 9.00. The number of nitrogens with zero attached hydrogens (tertiary/aromatic N) is 1. The van der Waals surface area contributed by atoms with E-state index >= 15 is 0 Å². The molecule has 0 spiro atoms. The van der Waals surface area contributed by atoms with Crippen LogP contribution >= 0.6 is 27.5 Å². The van der Waals surface area contributed by atoms with Crippen LogP contribution in [0.1, 0.15) is 5.56 Å². The summed E-state index contributed by atoms with van der Waals surface area (Å²) in [6.45, 7) is 0.296. The van der Waals surface area contributed by atoms with E-state index in [2.05, 4.69) is 26.2 Å². The molecule has 0 fully saturated rings. The van der Waals surface area contributed by atoms with Crippen LogP contribution in [0.2, 0.25) is 5.15 Å². The predicted molar refractivity (Wildman–Crippen MR) is 70.6 cm³/mol. The maximum Gasteiger partial charge on any atom is 0.143 e. The van der Waals surface area contributed by atoms with E-state index in [1.165, 1.54) is 12.1 Å². The Morgan fingerprint density at radius 1 is 1.17 bits per heavy atom. The molecule has 1 aromatic carbocycles. The van der Waals surface area contributed by atoms with Gasteiger partial charge in [-0.2, -0.15) is 0 Å². The molecule has 0 unspecified atom stereocenters. The first-order chi connectivity index (χ1) is 8.54. The van der Waals surface area contributed by atoms with Crippen LogP contribution in [0, 0.1) is 11.6 Å². The number of pyridine rings is 1. The average molecular weight is 334 g/mol. The number of anilines is 1. The summed E-state index contributed by atoms with van der Waals surface area (Å²) in [6, 6.07) is 5.12. The second-order valence-electron chi connectivity index (χ2n) is 3.63. The molecule has 6 heteroatoms. The first-order valence-corrected chi connectivity index (χ1v) is 6.21. The molecule has 18 heavy (non-hydrogen) atoms. The van der Waals surface area contributed by atoms with Crippen molar-refractivity contribution in [2.24, 2.45) is 0 Å². The fraction of sp³-hybridized carbons (Fsp3) is 0.0833. The molecule has 0 amide bonds. The molecule has 94 valence electrons. The van der Waals surface area contributed by atoms with Crippen LogP contribution in [0.3, 0.4) is 0 Å². The summed E-state index contributed by atoms with van der Waals surface area (Å²) in [6.07, 6.45) is 1.54. The molecule has 0 saturated heterocycles. The van der Waals surface area contributed by atoms with Crippen molar-refractivity contribution >= 4 is 33.2 Å². The normalized spacial score (nSPS) is 10.4. The molecule has 0 aliphatic carbocycles. The summed E-state index contributed by atoms with van der Waals surface area (Å²) in [5.74, 6) is -1.19. The van der Waals surface area contributed by atoms with Crippen molar-refractivity contribution in [3.8, 4) is 0 Å². The van der Waals surface area contributed by atoms with E-state index in [9.17, 15) is 8.78 Å². The minimum Gasteiger partial charge on any atom is -0.380 e. The minimum absolute atomic E-state index is 0.296. The summed E-state index contributed by atoms with van der Waals surface area (Å²) in [4.78, 5) is 3.93. The van der Waals surface area contributed by atoms with Crippen molar-refractivity contribution in [1.82, 2.24) is 4.98 Å². The van der Waals surface area contributed by atoms with Crippen molar-refractivity contribution in [3.63, 3.8) is 0 Å². The standard InChI is InChI=1S/C12H8BrClF2N2/c13-11-4-10(6-18-12(11)14)17-5-7-1-8(15)3-9(16)2-7/h1-4,6,17H,5H2. The number of rotatable bonds is 3. The maximum atomic E-state index is 13.0. The van der Waals surface area contributed by atoms with Gasteiger partial charge in [0.1, 0.15) is 16.8 Å². The molecule has 0 bridgehead atoms. The third kappa shape index (κ3) is 3.40. The molecule has 0 aliphatic heterocycles. The van der Waals surface area contributed by atoms with Gasteiger partial charge in [-0.1, -0.05) is 11.6 Å². The zero-order chi connectivity index (χ0) is 13.1. The Morgan fingerprint density at radius 3 is 2.44 bits per heavy atom. The van der Waals surface area contributed by atoms with Crippen molar-refractivity contribution in [3.05, 3.63) is 57.3 Å². The second-order valence-corrected chi connectivity index (χ2v) is 4.84. The third-order valence-corrected chi connectivity index (χ3v) is 3.35. The highest BCUT2D eigenvalue weighted by Gasteiger charge is 2.03. The van der Waals surface area contributed by atoms with Gasteiger partial charge in [0, 0.05) is 12.6 Å². The molecule has 0 radical (unpaired) electrons. The smallest absolute Gasteiger partial charge is 0.143 e. The predicted octanol–water partition coefficient (Wildman–Crippen LogP) is 4.39. The monoisotopic (exact) mass is 332 g/mol. The van der Waals surface area contributed by atoms with Crippen LogP contribution in [0.4, 0.5) is 14.5 Å². The fourth-order valence-electron chi connectivity index (χ4n) is 1.44. The Labute approximate surface area is 116 Å². The number of hydrogen-bond acceptors (Lipinski definition) is 2. The largest absolute Gasteiger partial charge is 0.380 e. The molecule has 2 nitrogen and oxygen atoms in total. The number of nitrogens with one attached hydrogen (secondary N) is 1. The molecule has 2 rings (SSSR count). The van der Waals surface area contributed by atoms with Crippen LogP contribution in [-0.4, -0.2) is 4.98 Å². The summed E-state index contributed by atoms with van der Waals surface area (Å²) < 4.78 is 26.6. The summed E-state index contributed by atoms with van der Waals surface area (Å²) in [5, 5.41) is 3.36. The lowest BCUT2D eigenvalue weighted by Crippen LogP contribution is -2.01. The third-order valence-electron chi connectivity index (χ3n) is 2.22. The second kappa shape index (κ2) is 5.63. The van der Waals surface area contributed by atoms with Gasteiger partial charge in [-0.3, -0.25) is 0 Å². The molecule has 2 aromatic rings. The van der Waals surface area contributed by atoms with Gasteiger partial charge in [-0.15, -0.1) is 0 Å². The van der Waals surface area contributed by atoms with Crippen molar-refractivity contribution in [1.29, 1.82) is 0 Å². The molecule has 1 aromatic heterocycles. The molecule has 1 heterocycles. The van der Waals surface area contributed by atoms with E-state index < -0.39 is 11.6 Å². The fourth-order valence-corrected chi connectivity index (χ4v) is 1.89. The highest BCUT2D eigenvalue weighted by molar-refractivity contribution is 9.10. The van der Waals surface area contributed by atoms with Crippen molar-refractivity contribution < 1.29 is 8.78 Å². The Kier molecular flexibility index (Phi) is 4.14. The van der Waals surface area contributed by atoms with Crippen LogP contribution in [0.15, 0.2) is 34.9 Å². The van der Waals surface area contributed by atoms with Gasteiger partial charge in [-0.05, 0) is 39.7 Å². The molecular formula is C12H8BrClF2N2. The van der Waals surface area contributed by atoms with Gasteiger partial charge < -0.3 is 5.32 Å². The number of benzene rings is 1. The van der Waals surface area contributed by atoms with E-state index in [1.807, 2.05) is 0 Å². The Balaban J connectivity index is 2.08. The highest BCUT2D eigenvalue weighted by atomic mass is 79.9. The van der Waals surface area contributed by atoms with Crippen molar-refractivity contribution in [2.75, 3.05) is 5.32 Å². The van der Waals surface area contributed by atoms with Crippen LogP contribution in [-0.2, 0) is 6.54 Å². The van der Waals surface area contributed by atoms with Crippen LogP contribution in [0.5, 0.6) is 0 Å². The summed E-state index contributed by atoms with van der Waals surface area (Å²) in [5.41, 5.74) is 1.22. The molecule has 0 saturated carbocycles. The van der Waals surface area contributed by atoms with Gasteiger partial charge in [0.15, 0.2) is 0 Å². The van der Waals surface area contributed by atoms with Gasteiger partial charge in [0.25, 0.3) is 0 Å². The maximum absolute atomic E-state index is 13.0. The molecule has 0 aliphatic rings. The first-order valence-electron chi connectivity index (χ1n) is 5.04. The first kappa shape index (κ1) is 13.2. The van der Waals surface area contributed by atoms with Crippen LogP contribution < -0.4 is 5.32 Å². The zero-order valence-corrected chi connectivity index (χ0v) is 11.4. The van der Waals surface area contributed by atoms with E-state index in [1.54, 1.807) is 12.3 Å². The lowest BCUT2D eigenvalue weighted by atomic mass is 10.2. The Morgan fingerprint density at radius 2 is 1.83 bits per heavy atom. The number of aromatic nitrogens is 1. The van der Waals surface area contributed by atoms with Gasteiger partial charge in [0.2, 0.25) is 0 Å². The van der Waals surface area contributed by atoms with Crippen LogP contribution in [0.25, 0.3) is 0 Å². The number of halogens is 4. The molecule has 1 N–H and O–H groups in total. The van der Waals surface area contributed by atoms with Gasteiger partial charge >= 0.3 is 0 Å². The van der Waals surface area contributed by atoms with Gasteiger partial charge in [-0.25, -0.2) is 13.8 Å². The SMILES string of the molecule is Fc1cc(F)cc(CNc2cnc(Cl)c(Br)c2)c1. The average Bonchev–Trinajstić information content (AvgIpc) is 2.29. The quantitative estimate of drug-likeness (QED) is 0.843. The molecule has 0 atom stereocenters. The van der Waals surface area contributed by atoms with E-state index in [0.717, 1.165) is 6.07 Å². The Bertz CT molecular complexity index is 558. The molecular weight excluding hydrogens is 325 g/mol. The van der Waals surface area contributed by atoms with Crippen molar-refractivity contribution in [2.45, 2.75) is 6.54 Å². The van der Waals surface area contributed by atoms with E-state index in [0.29, 0.717) is 27.4 Å². The Hall–Kier alpha value is -1.20. The summed E-state index contributed by atoms with van der Waals surface area (Å²) in [7, 11) is 0. The van der Waals surface area contributed by atoms with E-state index in [-0.39, 0.29) is 0 Å². The number of hydrogen-bond donors (Lipinski definition) is 1. The topological polar surface area (TPSA) is 24.9 Å². The van der Waals surface area contributed by atoms with E-state index in [4.69, 9.17) is 11.6 Å². The zero-order valence-electron chi connectivity index (χ0n) is 9.05. The lowest BCUT2D eigenvalue weighted by Gasteiger charge is -2.07.